The summed E-state index contributed by atoms with van der Waals surface area (Å²) < 4.78 is 74.2. The molecule has 8 nitrogen and oxygen atoms in total. The quantitative estimate of drug-likeness (QED) is 0.229. The van der Waals surface area contributed by atoms with E-state index in [9.17, 15) is 26.4 Å². The van der Waals surface area contributed by atoms with Crippen LogP contribution in [-0.4, -0.2) is 35.7 Å². The number of carbonyl (C=O) groups excluding carboxylic acids is 1. The monoisotopic (exact) mass is 602 g/mol. The molecular weight excluding hydrogens is 581 g/mol. The highest BCUT2D eigenvalue weighted by molar-refractivity contribution is 7.90. The Morgan fingerprint density at radius 1 is 1.10 bits per heavy atom. The Hall–Kier alpha value is -4.16. The van der Waals surface area contributed by atoms with Gasteiger partial charge in [-0.25, -0.2) is 22.9 Å². The molecule has 1 amide bonds. The summed E-state index contributed by atoms with van der Waals surface area (Å²) in [5, 5.41) is 0.610. The summed E-state index contributed by atoms with van der Waals surface area (Å²) in [6, 6.07) is 15.5. The molecule has 0 atom stereocenters. The minimum absolute atomic E-state index is 0.0701. The second-order valence-corrected chi connectivity index (χ2v) is 11.1. The molecule has 13 heteroatoms. The molecule has 0 aliphatic heterocycles. The van der Waals surface area contributed by atoms with Crippen LogP contribution in [0.25, 0.3) is 27.5 Å². The third-order valence-corrected chi connectivity index (χ3v) is 8.08. The zero-order valence-corrected chi connectivity index (χ0v) is 23.0. The maximum absolute atomic E-state index is 13.3. The number of fused-ring (bicyclic) bond motifs is 2. The van der Waals surface area contributed by atoms with Crippen LogP contribution in [-0.2, 0) is 33.8 Å². The fraction of sp³-hybridized carbons (Fsp3) is 0.179. The first-order chi connectivity index (χ1) is 19.5. The lowest BCUT2D eigenvalue weighted by atomic mass is 10.1. The number of ether oxygens (including phenoxy) is 1. The molecule has 212 valence electrons. The van der Waals surface area contributed by atoms with Gasteiger partial charge in [0.05, 0.1) is 33.1 Å². The van der Waals surface area contributed by atoms with Crippen LogP contribution >= 0.6 is 11.6 Å². The number of alkyl halides is 3. The molecule has 0 saturated carbocycles. The van der Waals surface area contributed by atoms with Gasteiger partial charge in [0, 0.05) is 41.7 Å². The van der Waals surface area contributed by atoms with Crippen molar-refractivity contribution in [1.29, 1.82) is 0 Å². The molecule has 2 heterocycles. The van der Waals surface area contributed by atoms with Gasteiger partial charge < -0.3 is 4.74 Å². The minimum Gasteiger partial charge on any atom is -0.448 e. The summed E-state index contributed by atoms with van der Waals surface area (Å²) in [4.78, 5) is 20.5. The second-order valence-electron chi connectivity index (χ2n) is 9.05. The van der Waals surface area contributed by atoms with Crippen molar-refractivity contribution >= 4 is 49.5 Å². The maximum Gasteiger partial charge on any atom is 0.421 e. The Balaban J connectivity index is 1.26. The number of nitrogens with one attached hydrogen (secondary N) is 1. The van der Waals surface area contributed by atoms with E-state index in [1.165, 1.54) is 24.5 Å². The number of hydrogen-bond acceptors (Lipinski definition) is 6. The van der Waals surface area contributed by atoms with E-state index in [2.05, 4.69) is 9.97 Å². The van der Waals surface area contributed by atoms with Crippen molar-refractivity contribution in [3.05, 3.63) is 95.0 Å². The summed E-state index contributed by atoms with van der Waals surface area (Å²) in [6.07, 6.45) is -1.96. The van der Waals surface area contributed by atoms with E-state index in [-0.39, 0.29) is 17.0 Å². The van der Waals surface area contributed by atoms with E-state index in [1.807, 2.05) is 11.6 Å². The van der Waals surface area contributed by atoms with E-state index >= 15 is 0 Å². The standard InChI is InChI=1S/C28H22ClF3N4O4S/c1-2-26-34-23-14-21(28(30,31)32)22(29)15-24(23)36(26)19-8-6-17(7-9-19)11-13-40-27(37)35-41(38,39)25-5-3-4-18-16-33-12-10-20(18)25/h3-10,12,14-16H,2,11,13H2,1H3,(H,35,37). The first-order valence-corrected chi connectivity index (χ1v) is 14.2. The molecule has 5 rings (SSSR count). The molecule has 0 aliphatic carbocycles. The van der Waals surface area contributed by atoms with Gasteiger partial charge in [0.25, 0.3) is 10.0 Å². The number of carbonyl (C=O) groups is 1. The normalized spacial score (nSPS) is 12.1. The zero-order valence-electron chi connectivity index (χ0n) is 21.4. The highest BCUT2D eigenvalue weighted by Gasteiger charge is 2.34. The number of aryl methyl sites for hydroxylation is 1. The van der Waals surface area contributed by atoms with Crippen molar-refractivity contribution in [1.82, 2.24) is 19.3 Å². The van der Waals surface area contributed by atoms with E-state index in [1.54, 1.807) is 47.0 Å². The molecule has 0 bridgehead atoms. The number of pyridine rings is 1. The van der Waals surface area contributed by atoms with Crippen LogP contribution in [0.1, 0.15) is 23.9 Å². The van der Waals surface area contributed by atoms with Crippen LogP contribution in [0.15, 0.2) is 78.0 Å². The lowest BCUT2D eigenvalue weighted by Gasteiger charge is -2.12. The molecule has 0 aliphatic rings. The predicted octanol–water partition coefficient (Wildman–Crippen LogP) is 6.47. The Morgan fingerprint density at radius 2 is 1.85 bits per heavy atom. The Kier molecular flexibility index (Phi) is 7.62. The Bertz CT molecular complexity index is 1870. The Labute approximate surface area is 237 Å². The van der Waals surface area contributed by atoms with Crippen molar-refractivity contribution in [3.8, 4) is 5.69 Å². The highest BCUT2D eigenvalue weighted by Crippen LogP contribution is 2.38. The van der Waals surface area contributed by atoms with Gasteiger partial charge in [-0.15, -0.1) is 0 Å². The molecule has 0 spiro atoms. The van der Waals surface area contributed by atoms with Crippen molar-refractivity contribution in [2.45, 2.75) is 30.8 Å². The lowest BCUT2D eigenvalue weighted by Crippen LogP contribution is -2.31. The summed E-state index contributed by atoms with van der Waals surface area (Å²) in [5.41, 5.74) is 1.12. The number of hydrogen-bond donors (Lipinski definition) is 1. The first kappa shape index (κ1) is 28.4. The predicted molar refractivity (Wildman–Crippen MR) is 148 cm³/mol. The largest absolute Gasteiger partial charge is 0.448 e. The van der Waals surface area contributed by atoms with Crippen LogP contribution in [0.4, 0.5) is 18.0 Å². The van der Waals surface area contributed by atoms with Crippen LogP contribution < -0.4 is 4.72 Å². The van der Waals surface area contributed by atoms with Gasteiger partial charge in [0.1, 0.15) is 5.82 Å². The smallest absolute Gasteiger partial charge is 0.421 e. The van der Waals surface area contributed by atoms with E-state index in [4.69, 9.17) is 16.3 Å². The second kappa shape index (κ2) is 11.0. The van der Waals surface area contributed by atoms with Crippen molar-refractivity contribution in [3.63, 3.8) is 0 Å². The molecule has 1 N–H and O–H groups in total. The van der Waals surface area contributed by atoms with Crippen LogP contribution in [0.5, 0.6) is 0 Å². The van der Waals surface area contributed by atoms with Crippen LogP contribution in [0.3, 0.4) is 0 Å². The summed E-state index contributed by atoms with van der Waals surface area (Å²) in [6.45, 7) is 1.75. The van der Waals surface area contributed by atoms with Gasteiger partial charge >= 0.3 is 12.3 Å². The van der Waals surface area contributed by atoms with Gasteiger partial charge in [-0.1, -0.05) is 42.8 Å². The van der Waals surface area contributed by atoms with E-state index < -0.39 is 32.9 Å². The molecule has 0 saturated heterocycles. The topological polar surface area (TPSA) is 103 Å². The number of nitrogens with zero attached hydrogens (tertiary/aromatic N) is 3. The molecule has 0 fully saturated rings. The summed E-state index contributed by atoms with van der Waals surface area (Å²) >= 11 is 5.96. The van der Waals surface area contributed by atoms with E-state index in [0.29, 0.717) is 40.6 Å². The number of rotatable bonds is 7. The van der Waals surface area contributed by atoms with Crippen molar-refractivity contribution in [2.24, 2.45) is 0 Å². The summed E-state index contributed by atoms with van der Waals surface area (Å²) in [7, 11) is -4.18. The molecule has 3 aromatic carbocycles. The number of aromatic nitrogens is 3. The summed E-state index contributed by atoms with van der Waals surface area (Å²) in [5.74, 6) is 0.562. The molecule has 2 aromatic heterocycles. The lowest BCUT2D eigenvalue weighted by molar-refractivity contribution is -0.137. The van der Waals surface area contributed by atoms with Gasteiger partial charge in [-0.2, -0.15) is 13.2 Å². The Morgan fingerprint density at radius 3 is 2.56 bits per heavy atom. The number of amides is 1. The van der Waals surface area contributed by atoms with Gasteiger partial charge in [-0.05, 0) is 42.0 Å². The van der Waals surface area contributed by atoms with Crippen molar-refractivity contribution < 1.29 is 31.1 Å². The highest BCUT2D eigenvalue weighted by atomic mass is 35.5. The molecule has 41 heavy (non-hydrogen) atoms. The fourth-order valence-electron chi connectivity index (χ4n) is 4.49. The number of benzene rings is 3. The average molecular weight is 603 g/mol. The van der Waals surface area contributed by atoms with Gasteiger partial charge in [-0.3, -0.25) is 9.55 Å². The third-order valence-electron chi connectivity index (χ3n) is 6.40. The number of sulfonamides is 1. The van der Waals surface area contributed by atoms with Crippen LogP contribution in [0.2, 0.25) is 5.02 Å². The van der Waals surface area contributed by atoms with Gasteiger partial charge in [0.2, 0.25) is 0 Å². The maximum atomic E-state index is 13.3. The molecule has 0 unspecified atom stereocenters. The molecular formula is C28H22ClF3N4O4S. The van der Waals surface area contributed by atoms with Crippen LogP contribution in [0, 0.1) is 0 Å². The number of imidazole rings is 1. The fourth-order valence-corrected chi connectivity index (χ4v) is 5.87. The third kappa shape index (κ3) is 5.84. The van der Waals surface area contributed by atoms with Gasteiger partial charge in [0.15, 0.2) is 0 Å². The molecule has 5 aromatic rings. The minimum atomic E-state index is -4.60. The zero-order chi connectivity index (χ0) is 29.4. The van der Waals surface area contributed by atoms with Crippen molar-refractivity contribution in [2.75, 3.05) is 6.61 Å². The average Bonchev–Trinajstić information content (AvgIpc) is 3.29. The first-order valence-electron chi connectivity index (χ1n) is 12.4. The SMILES string of the molecule is CCc1nc2cc(C(F)(F)F)c(Cl)cc2n1-c1ccc(CCOC(=O)NS(=O)(=O)c2cccc3cnccc23)cc1. The number of halogens is 4. The molecule has 0 radical (unpaired) electrons. The van der Waals surface area contributed by atoms with E-state index in [0.717, 1.165) is 11.6 Å².